The summed E-state index contributed by atoms with van der Waals surface area (Å²) >= 11 is 0. The first-order valence-corrected chi connectivity index (χ1v) is 6.63. The third-order valence-electron chi connectivity index (χ3n) is 4.31. The summed E-state index contributed by atoms with van der Waals surface area (Å²) in [5, 5.41) is 14.2. The topological polar surface area (TPSA) is 32.3 Å². The molecule has 1 saturated carbocycles. The fraction of sp³-hybridized carbons (Fsp3) is 0.600. The van der Waals surface area contributed by atoms with Crippen LogP contribution in [0.15, 0.2) is 30.3 Å². The van der Waals surface area contributed by atoms with Crippen LogP contribution in [0.3, 0.4) is 0 Å². The van der Waals surface area contributed by atoms with E-state index in [9.17, 15) is 5.11 Å². The van der Waals surface area contributed by atoms with Crippen molar-refractivity contribution in [1.82, 2.24) is 5.32 Å². The first kappa shape index (κ1) is 15.5. The highest BCUT2D eigenvalue weighted by atomic mass is 35.5. The van der Waals surface area contributed by atoms with Crippen LogP contribution in [0.25, 0.3) is 0 Å². The van der Waals surface area contributed by atoms with Crippen LogP contribution < -0.4 is 5.32 Å². The van der Waals surface area contributed by atoms with Crippen LogP contribution in [-0.4, -0.2) is 23.8 Å². The molecule has 2 N–H and O–H groups in total. The molecular formula is C15H24ClNO. The van der Waals surface area contributed by atoms with Crippen molar-refractivity contribution in [2.24, 2.45) is 0 Å². The second kappa shape index (κ2) is 6.55. The highest BCUT2D eigenvalue weighted by Gasteiger charge is 2.43. The summed E-state index contributed by atoms with van der Waals surface area (Å²) in [7, 11) is 1.93. The molecule has 0 spiro atoms. The molecule has 0 aliphatic heterocycles. The zero-order valence-corrected chi connectivity index (χ0v) is 12.0. The number of nitrogens with one attached hydrogen (secondary N) is 1. The largest absolute Gasteiger partial charge is 0.388 e. The van der Waals surface area contributed by atoms with Crippen LogP contribution >= 0.6 is 12.4 Å². The van der Waals surface area contributed by atoms with Crippen molar-refractivity contribution in [3.63, 3.8) is 0 Å². The minimum atomic E-state index is -0.603. The molecule has 0 amide bonds. The molecule has 1 fully saturated rings. The Morgan fingerprint density at radius 1 is 1.28 bits per heavy atom. The SMILES string of the molecule is CNC(C)C1(O)CCCCC1c1ccccc1.Cl. The summed E-state index contributed by atoms with van der Waals surface area (Å²) in [5.41, 5.74) is 0.672. The Kier molecular flexibility index (Phi) is 5.64. The summed E-state index contributed by atoms with van der Waals surface area (Å²) in [6.07, 6.45) is 4.34. The molecule has 102 valence electrons. The van der Waals surface area contributed by atoms with Crippen molar-refractivity contribution >= 4 is 12.4 Å². The van der Waals surface area contributed by atoms with Gasteiger partial charge in [-0.15, -0.1) is 12.4 Å². The number of halogens is 1. The summed E-state index contributed by atoms with van der Waals surface area (Å²) in [6.45, 7) is 2.08. The first-order valence-electron chi connectivity index (χ1n) is 6.63. The molecule has 0 heterocycles. The Balaban J connectivity index is 0.00000162. The fourth-order valence-corrected chi connectivity index (χ4v) is 3.09. The van der Waals surface area contributed by atoms with Crippen molar-refractivity contribution in [1.29, 1.82) is 0 Å². The molecule has 1 aliphatic rings. The maximum atomic E-state index is 11.0. The third-order valence-corrected chi connectivity index (χ3v) is 4.31. The van der Waals surface area contributed by atoms with Gasteiger partial charge in [-0.2, -0.15) is 0 Å². The number of aliphatic hydroxyl groups is 1. The van der Waals surface area contributed by atoms with Gasteiger partial charge in [0.25, 0.3) is 0 Å². The monoisotopic (exact) mass is 269 g/mol. The Morgan fingerprint density at radius 2 is 1.94 bits per heavy atom. The molecule has 1 aliphatic carbocycles. The van der Waals surface area contributed by atoms with Gasteiger partial charge < -0.3 is 10.4 Å². The predicted octanol–water partition coefficient (Wildman–Crippen LogP) is 3.11. The second-order valence-corrected chi connectivity index (χ2v) is 5.21. The van der Waals surface area contributed by atoms with E-state index >= 15 is 0 Å². The Bertz CT molecular complexity index is 357. The van der Waals surface area contributed by atoms with Crippen molar-refractivity contribution in [3.05, 3.63) is 35.9 Å². The minimum Gasteiger partial charge on any atom is -0.388 e. The van der Waals surface area contributed by atoms with Gasteiger partial charge in [0.2, 0.25) is 0 Å². The lowest BCUT2D eigenvalue weighted by molar-refractivity contribution is -0.0426. The van der Waals surface area contributed by atoms with Gasteiger partial charge in [-0.25, -0.2) is 0 Å². The minimum absolute atomic E-state index is 0. The van der Waals surface area contributed by atoms with Gasteiger partial charge in [-0.05, 0) is 32.4 Å². The lowest BCUT2D eigenvalue weighted by atomic mass is 9.69. The standard InChI is InChI=1S/C15H23NO.ClH/c1-12(16-2)15(17)11-7-6-10-14(15)13-8-4-3-5-9-13;/h3-5,8-9,12,14,16-17H,6-7,10-11H2,1-2H3;1H. The molecule has 2 rings (SSSR count). The summed E-state index contributed by atoms with van der Waals surface area (Å²) in [6, 6.07) is 10.6. The van der Waals surface area contributed by atoms with E-state index in [1.54, 1.807) is 0 Å². The van der Waals surface area contributed by atoms with Gasteiger partial charge in [-0.3, -0.25) is 0 Å². The van der Waals surface area contributed by atoms with Crippen molar-refractivity contribution < 1.29 is 5.11 Å². The van der Waals surface area contributed by atoms with Crippen LogP contribution in [-0.2, 0) is 0 Å². The maximum absolute atomic E-state index is 11.0. The number of likely N-dealkylation sites (N-methyl/N-ethyl adjacent to an activating group) is 1. The van der Waals surface area contributed by atoms with E-state index in [0.717, 1.165) is 19.3 Å². The van der Waals surface area contributed by atoms with Gasteiger partial charge in [0.05, 0.1) is 5.60 Å². The number of benzene rings is 1. The first-order chi connectivity index (χ1) is 8.18. The van der Waals surface area contributed by atoms with Crippen LogP contribution in [0.2, 0.25) is 0 Å². The second-order valence-electron chi connectivity index (χ2n) is 5.21. The van der Waals surface area contributed by atoms with Gasteiger partial charge in [0, 0.05) is 12.0 Å². The smallest absolute Gasteiger partial charge is 0.0865 e. The summed E-state index contributed by atoms with van der Waals surface area (Å²) < 4.78 is 0. The lowest BCUT2D eigenvalue weighted by Crippen LogP contribution is -2.53. The van der Waals surface area contributed by atoms with E-state index in [2.05, 4.69) is 36.5 Å². The normalized spacial score (nSPS) is 29.4. The Morgan fingerprint density at radius 3 is 2.56 bits per heavy atom. The van der Waals surface area contributed by atoms with E-state index in [-0.39, 0.29) is 24.4 Å². The van der Waals surface area contributed by atoms with E-state index in [0.29, 0.717) is 0 Å². The molecule has 18 heavy (non-hydrogen) atoms. The lowest BCUT2D eigenvalue weighted by Gasteiger charge is -2.44. The van der Waals surface area contributed by atoms with Gasteiger partial charge in [0.1, 0.15) is 0 Å². The average molecular weight is 270 g/mol. The van der Waals surface area contributed by atoms with E-state index in [1.807, 2.05) is 13.1 Å². The van der Waals surface area contributed by atoms with E-state index in [1.165, 1.54) is 12.0 Å². The third kappa shape index (κ3) is 2.87. The maximum Gasteiger partial charge on any atom is 0.0865 e. The van der Waals surface area contributed by atoms with Crippen LogP contribution in [0.4, 0.5) is 0 Å². The molecule has 1 aromatic rings. The molecular weight excluding hydrogens is 246 g/mol. The average Bonchev–Trinajstić information content (AvgIpc) is 2.39. The zero-order valence-electron chi connectivity index (χ0n) is 11.2. The molecule has 3 atom stereocenters. The molecule has 0 radical (unpaired) electrons. The van der Waals surface area contributed by atoms with Crippen molar-refractivity contribution in [2.45, 2.75) is 50.2 Å². The molecule has 1 aromatic carbocycles. The van der Waals surface area contributed by atoms with Crippen molar-refractivity contribution in [2.75, 3.05) is 7.05 Å². The van der Waals surface area contributed by atoms with E-state index < -0.39 is 5.60 Å². The molecule has 2 nitrogen and oxygen atoms in total. The highest BCUT2D eigenvalue weighted by Crippen LogP contribution is 2.42. The van der Waals surface area contributed by atoms with Crippen LogP contribution in [0.1, 0.15) is 44.1 Å². The summed E-state index contributed by atoms with van der Waals surface area (Å²) in [4.78, 5) is 0. The van der Waals surface area contributed by atoms with Crippen molar-refractivity contribution in [3.8, 4) is 0 Å². The highest BCUT2D eigenvalue weighted by molar-refractivity contribution is 5.85. The van der Waals surface area contributed by atoms with Gasteiger partial charge in [-0.1, -0.05) is 43.2 Å². The number of hydrogen-bond donors (Lipinski definition) is 2. The number of rotatable bonds is 3. The zero-order chi connectivity index (χ0) is 12.3. The van der Waals surface area contributed by atoms with E-state index in [4.69, 9.17) is 0 Å². The van der Waals surface area contributed by atoms with Gasteiger partial charge in [0.15, 0.2) is 0 Å². The molecule has 0 aromatic heterocycles. The Hall–Kier alpha value is -0.570. The molecule has 3 heteroatoms. The molecule has 0 bridgehead atoms. The number of hydrogen-bond acceptors (Lipinski definition) is 2. The van der Waals surface area contributed by atoms with Crippen LogP contribution in [0.5, 0.6) is 0 Å². The quantitative estimate of drug-likeness (QED) is 0.884. The van der Waals surface area contributed by atoms with Crippen LogP contribution in [0, 0.1) is 0 Å². The predicted molar refractivity (Wildman–Crippen MR) is 78.4 cm³/mol. The Labute approximate surface area is 116 Å². The van der Waals surface area contributed by atoms with Gasteiger partial charge >= 0.3 is 0 Å². The summed E-state index contributed by atoms with van der Waals surface area (Å²) in [5.74, 6) is 0.264. The fourth-order valence-electron chi connectivity index (χ4n) is 3.09. The molecule has 0 saturated heterocycles. The molecule has 3 unspecified atom stereocenters.